The van der Waals surface area contributed by atoms with Gasteiger partial charge in [-0.25, -0.2) is 0 Å². The number of Topliss-reactive ketones (excluding diaryl/α,β-unsaturated/α-hetero) is 1. The van der Waals surface area contributed by atoms with Crippen molar-refractivity contribution >= 4 is 17.7 Å². The number of unbranched alkanes of at least 4 members (excludes halogenated alkanes) is 5. The molecule has 0 spiro atoms. The van der Waals surface area contributed by atoms with Crippen molar-refractivity contribution in [2.45, 2.75) is 91.4 Å². The lowest BCUT2D eigenvalue weighted by atomic mass is 9.82. The maximum absolute atomic E-state index is 13.0. The van der Waals surface area contributed by atoms with E-state index in [2.05, 4.69) is 13.8 Å². The Bertz CT molecular complexity index is 712. The van der Waals surface area contributed by atoms with Gasteiger partial charge in [-0.15, -0.1) is 0 Å². The standard InChI is InChI=1S/C25H38O5/c1-6-7-8-9-10-11-12-19-13-17(2)20-15-25(23(27)29-4,24(28)30-5)16-21(20)18(3)22(26)14-19/h19H,6-16H2,1-5H3/b20-17-,21-18-. The molecule has 2 rings (SSSR count). The van der Waals surface area contributed by atoms with Crippen molar-refractivity contribution in [3.63, 3.8) is 0 Å². The molecule has 1 atom stereocenters. The number of methoxy groups -OCH3 is 2. The molecule has 2 aliphatic rings. The Morgan fingerprint density at radius 3 is 2.07 bits per heavy atom. The van der Waals surface area contributed by atoms with E-state index in [9.17, 15) is 14.4 Å². The van der Waals surface area contributed by atoms with Crippen molar-refractivity contribution in [2.75, 3.05) is 14.2 Å². The van der Waals surface area contributed by atoms with Crippen molar-refractivity contribution in [2.24, 2.45) is 11.3 Å². The Balaban J connectivity index is 2.23. The number of allylic oxidation sites excluding steroid dienone is 4. The van der Waals surface area contributed by atoms with E-state index in [4.69, 9.17) is 9.47 Å². The number of carbonyl (C=O) groups is 3. The van der Waals surface area contributed by atoms with Crippen molar-refractivity contribution < 1.29 is 23.9 Å². The summed E-state index contributed by atoms with van der Waals surface area (Å²) in [5.74, 6) is -0.717. The normalized spacial score (nSPS) is 26.0. The Morgan fingerprint density at radius 2 is 1.47 bits per heavy atom. The highest BCUT2D eigenvalue weighted by Crippen LogP contribution is 2.51. The lowest BCUT2D eigenvalue weighted by molar-refractivity contribution is -0.168. The van der Waals surface area contributed by atoms with Crippen molar-refractivity contribution in [1.29, 1.82) is 0 Å². The molecule has 0 heterocycles. The molecule has 2 aliphatic carbocycles. The zero-order valence-electron chi connectivity index (χ0n) is 19.4. The van der Waals surface area contributed by atoms with E-state index in [-0.39, 0.29) is 18.6 Å². The first kappa shape index (κ1) is 24.4. The topological polar surface area (TPSA) is 69.7 Å². The second-order valence-corrected chi connectivity index (χ2v) is 9.04. The molecule has 0 aliphatic heterocycles. The van der Waals surface area contributed by atoms with Crippen LogP contribution in [0.1, 0.15) is 91.4 Å². The van der Waals surface area contributed by atoms with Crippen LogP contribution in [-0.4, -0.2) is 31.9 Å². The second kappa shape index (κ2) is 10.9. The smallest absolute Gasteiger partial charge is 0.323 e. The van der Waals surface area contributed by atoms with E-state index in [0.717, 1.165) is 30.4 Å². The van der Waals surface area contributed by atoms with E-state index in [1.807, 2.05) is 6.92 Å². The largest absolute Gasteiger partial charge is 0.468 e. The molecule has 1 unspecified atom stereocenters. The third-order valence-corrected chi connectivity index (χ3v) is 6.89. The third-order valence-electron chi connectivity index (χ3n) is 6.89. The van der Waals surface area contributed by atoms with Crippen LogP contribution in [0.5, 0.6) is 0 Å². The predicted molar refractivity (Wildman–Crippen MR) is 117 cm³/mol. The molecule has 5 heteroatoms. The second-order valence-electron chi connectivity index (χ2n) is 9.04. The summed E-state index contributed by atoms with van der Waals surface area (Å²) in [6.07, 6.45) is 10.3. The van der Waals surface area contributed by atoms with Gasteiger partial charge in [0.25, 0.3) is 0 Å². The molecule has 30 heavy (non-hydrogen) atoms. The monoisotopic (exact) mass is 418 g/mol. The molecular formula is C25H38O5. The van der Waals surface area contributed by atoms with Gasteiger partial charge in [0.05, 0.1) is 14.2 Å². The molecule has 0 radical (unpaired) electrons. The summed E-state index contributed by atoms with van der Waals surface area (Å²) in [5, 5.41) is 0. The quantitative estimate of drug-likeness (QED) is 0.282. The van der Waals surface area contributed by atoms with Gasteiger partial charge in [-0.05, 0) is 55.7 Å². The molecule has 0 bridgehead atoms. The van der Waals surface area contributed by atoms with E-state index >= 15 is 0 Å². The predicted octanol–water partition coefficient (Wildman–Crippen LogP) is 5.48. The molecule has 0 saturated heterocycles. The molecule has 5 nitrogen and oxygen atoms in total. The van der Waals surface area contributed by atoms with Gasteiger partial charge in [-0.1, -0.05) is 51.0 Å². The van der Waals surface area contributed by atoms with Gasteiger partial charge in [-0.3, -0.25) is 14.4 Å². The Hall–Kier alpha value is -1.91. The van der Waals surface area contributed by atoms with Gasteiger partial charge in [0.15, 0.2) is 11.2 Å². The summed E-state index contributed by atoms with van der Waals surface area (Å²) >= 11 is 0. The number of ketones is 1. The van der Waals surface area contributed by atoms with Gasteiger partial charge < -0.3 is 9.47 Å². The molecule has 0 amide bonds. The first-order valence-electron chi connectivity index (χ1n) is 11.4. The Labute approximate surface area is 181 Å². The summed E-state index contributed by atoms with van der Waals surface area (Å²) in [5.41, 5.74) is 2.31. The molecule has 0 aromatic rings. The zero-order chi connectivity index (χ0) is 22.3. The minimum atomic E-state index is -1.38. The Morgan fingerprint density at radius 1 is 0.900 bits per heavy atom. The van der Waals surface area contributed by atoms with Crippen LogP contribution in [0.4, 0.5) is 0 Å². The van der Waals surface area contributed by atoms with Gasteiger partial charge in [0.2, 0.25) is 0 Å². The first-order valence-corrected chi connectivity index (χ1v) is 11.4. The summed E-state index contributed by atoms with van der Waals surface area (Å²) in [7, 11) is 2.58. The summed E-state index contributed by atoms with van der Waals surface area (Å²) < 4.78 is 9.94. The molecule has 0 N–H and O–H groups in total. The van der Waals surface area contributed by atoms with Crippen LogP contribution in [0.3, 0.4) is 0 Å². The van der Waals surface area contributed by atoms with E-state index in [1.165, 1.54) is 51.9 Å². The van der Waals surface area contributed by atoms with Crippen LogP contribution in [0.2, 0.25) is 0 Å². The first-order chi connectivity index (χ1) is 14.3. The van der Waals surface area contributed by atoms with Crippen molar-refractivity contribution in [1.82, 2.24) is 0 Å². The number of fused-ring (bicyclic) bond motifs is 1. The lowest BCUT2D eigenvalue weighted by Crippen LogP contribution is -2.38. The van der Waals surface area contributed by atoms with Gasteiger partial charge >= 0.3 is 11.9 Å². The van der Waals surface area contributed by atoms with Crippen LogP contribution < -0.4 is 0 Å². The van der Waals surface area contributed by atoms with Crippen LogP contribution in [0, 0.1) is 11.3 Å². The number of rotatable bonds is 9. The molecule has 1 fully saturated rings. The van der Waals surface area contributed by atoms with E-state index in [1.54, 1.807) is 0 Å². The van der Waals surface area contributed by atoms with Gasteiger partial charge in [0, 0.05) is 12.8 Å². The highest BCUT2D eigenvalue weighted by atomic mass is 16.5. The maximum atomic E-state index is 13.0. The SMILES string of the molecule is CCCCCCCCC1CC(=O)/C(C)=C2/CC(C(=O)OC)(C(=O)OC)C/C2=C(\C)C1. The van der Waals surface area contributed by atoms with Crippen LogP contribution in [-0.2, 0) is 23.9 Å². The molecular weight excluding hydrogens is 380 g/mol. The summed E-state index contributed by atoms with van der Waals surface area (Å²) in [6.45, 7) is 6.14. The Kier molecular flexibility index (Phi) is 8.87. The highest BCUT2D eigenvalue weighted by molar-refractivity contribution is 6.03. The van der Waals surface area contributed by atoms with Crippen molar-refractivity contribution in [3.05, 3.63) is 22.3 Å². The number of ether oxygens (including phenoxy) is 2. The fourth-order valence-corrected chi connectivity index (χ4v) is 5.04. The molecule has 1 saturated carbocycles. The van der Waals surface area contributed by atoms with E-state index < -0.39 is 17.4 Å². The zero-order valence-corrected chi connectivity index (χ0v) is 19.4. The summed E-state index contributed by atoms with van der Waals surface area (Å²) in [6, 6.07) is 0. The van der Waals surface area contributed by atoms with Gasteiger partial charge in [0.1, 0.15) is 0 Å². The minimum Gasteiger partial charge on any atom is -0.468 e. The van der Waals surface area contributed by atoms with Crippen LogP contribution in [0.25, 0.3) is 0 Å². The number of carbonyl (C=O) groups excluding carboxylic acids is 3. The number of esters is 2. The lowest BCUT2D eigenvalue weighted by Gasteiger charge is -2.22. The van der Waals surface area contributed by atoms with E-state index in [0.29, 0.717) is 17.9 Å². The average Bonchev–Trinajstić information content (AvgIpc) is 3.15. The molecule has 0 aromatic heterocycles. The summed E-state index contributed by atoms with van der Waals surface area (Å²) in [4.78, 5) is 38.2. The fraction of sp³-hybridized carbons (Fsp3) is 0.720. The fourth-order valence-electron chi connectivity index (χ4n) is 5.04. The molecule has 0 aromatic carbocycles. The van der Waals surface area contributed by atoms with Gasteiger partial charge in [-0.2, -0.15) is 0 Å². The van der Waals surface area contributed by atoms with Crippen LogP contribution >= 0.6 is 0 Å². The van der Waals surface area contributed by atoms with Crippen LogP contribution in [0.15, 0.2) is 22.3 Å². The highest BCUT2D eigenvalue weighted by Gasteiger charge is 2.55. The number of hydrogen-bond acceptors (Lipinski definition) is 5. The maximum Gasteiger partial charge on any atom is 0.323 e. The average molecular weight is 419 g/mol. The third kappa shape index (κ3) is 5.22. The molecule has 168 valence electrons. The number of hydrogen-bond donors (Lipinski definition) is 0. The van der Waals surface area contributed by atoms with Crippen molar-refractivity contribution in [3.8, 4) is 0 Å². The minimum absolute atomic E-state index is 0.136.